The summed E-state index contributed by atoms with van der Waals surface area (Å²) in [7, 11) is 0. The molecule has 1 fully saturated rings. The largest absolute Gasteiger partial charge is 0.341 e. The van der Waals surface area contributed by atoms with Gasteiger partial charge in [-0.25, -0.2) is 0 Å². The fraction of sp³-hybridized carbons (Fsp3) is 0.556. The predicted molar refractivity (Wildman–Crippen MR) is 108 cm³/mol. The fourth-order valence-corrected chi connectivity index (χ4v) is 3.49. The molecule has 148 valence electrons. The summed E-state index contributed by atoms with van der Waals surface area (Å²) >= 11 is 5.91. The first-order valence-corrected chi connectivity index (χ1v) is 9.47. The number of carbonyl (C=O) groups is 1. The van der Waals surface area contributed by atoms with Crippen LogP contribution in [0.3, 0.4) is 0 Å². The SMILES string of the molecule is CCC(C(=O)N1CCC(C(C)N)CC1)n1nnc(-c2ccc(Cl)cc2)n1.Cl. The zero-order valence-electron chi connectivity index (χ0n) is 15.6. The van der Waals surface area contributed by atoms with Crippen LogP contribution in [0.15, 0.2) is 24.3 Å². The number of benzene rings is 1. The Morgan fingerprint density at radius 1 is 1.30 bits per heavy atom. The number of nitrogens with two attached hydrogens (primary N) is 1. The fourth-order valence-electron chi connectivity index (χ4n) is 3.36. The molecule has 1 aromatic heterocycles. The third-order valence-electron chi connectivity index (χ3n) is 5.08. The van der Waals surface area contributed by atoms with Crippen molar-refractivity contribution in [1.82, 2.24) is 25.1 Å². The summed E-state index contributed by atoms with van der Waals surface area (Å²) in [5.41, 5.74) is 6.81. The van der Waals surface area contributed by atoms with Crippen LogP contribution < -0.4 is 5.73 Å². The number of amides is 1. The van der Waals surface area contributed by atoms with Gasteiger partial charge in [0.2, 0.25) is 11.7 Å². The van der Waals surface area contributed by atoms with E-state index in [-0.39, 0.29) is 24.4 Å². The van der Waals surface area contributed by atoms with Crippen molar-refractivity contribution in [3.63, 3.8) is 0 Å². The first-order chi connectivity index (χ1) is 12.5. The third-order valence-corrected chi connectivity index (χ3v) is 5.33. The summed E-state index contributed by atoms with van der Waals surface area (Å²) in [5, 5.41) is 13.3. The maximum atomic E-state index is 12.9. The molecule has 2 heterocycles. The van der Waals surface area contributed by atoms with E-state index in [0.717, 1.165) is 31.5 Å². The molecule has 2 aromatic rings. The van der Waals surface area contributed by atoms with Crippen LogP contribution in [0, 0.1) is 5.92 Å². The van der Waals surface area contributed by atoms with Gasteiger partial charge in [-0.05, 0) is 61.6 Å². The lowest BCUT2D eigenvalue weighted by molar-refractivity contribution is -0.137. The van der Waals surface area contributed by atoms with Crippen LogP contribution in [0.25, 0.3) is 11.4 Å². The average molecular weight is 413 g/mol. The van der Waals surface area contributed by atoms with Crippen molar-refractivity contribution < 1.29 is 4.79 Å². The Balaban J connectivity index is 0.00000261. The number of piperidine rings is 1. The van der Waals surface area contributed by atoms with Crippen LogP contribution in [0.4, 0.5) is 0 Å². The lowest BCUT2D eigenvalue weighted by Gasteiger charge is -2.35. The number of hydrogen-bond acceptors (Lipinski definition) is 5. The number of hydrogen-bond donors (Lipinski definition) is 1. The van der Waals surface area contributed by atoms with E-state index >= 15 is 0 Å². The van der Waals surface area contributed by atoms with Gasteiger partial charge in [0.1, 0.15) is 0 Å². The standard InChI is InChI=1S/C18H25ClN6O.ClH/c1-3-16(18(26)24-10-8-13(9-11-24)12(2)20)25-22-17(21-23-25)14-4-6-15(19)7-5-14;/h4-7,12-13,16H,3,8-11,20H2,1-2H3;1H. The summed E-state index contributed by atoms with van der Waals surface area (Å²) < 4.78 is 0. The van der Waals surface area contributed by atoms with Crippen molar-refractivity contribution >= 4 is 29.9 Å². The quantitative estimate of drug-likeness (QED) is 0.814. The molecular formula is C18H26Cl2N6O. The number of nitrogens with zero attached hydrogens (tertiary/aromatic N) is 5. The molecule has 1 aromatic carbocycles. The van der Waals surface area contributed by atoms with Crippen LogP contribution in [-0.4, -0.2) is 50.1 Å². The van der Waals surface area contributed by atoms with Crippen molar-refractivity contribution in [2.24, 2.45) is 11.7 Å². The van der Waals surface area contributed by atoms with Gasteiger partial charge < -0.3 is 10.6 Å². The van der Waals surface area contributed by atoms with E-state index in [1.165, 1.54) is 4.80 Å². The minimum absolute atomic E-state index is 0. The molecule has 1 saturated heterocycles. The van der Waals surface area contributed by atoms with E-state index in [4.69, 9.17) is 17.3 Å². The van der Waals surface area contributed by atoms with Crippen LogP contribution >= 0.6 is 24.0 Å². The van der Waals surface area contributed by atoms with Gasteiger partial charge in [0.15, 0.2) is 6.04 Å². The molecule has 1 aliphatic heterocycles. The molecule has 2 N–H and O–H groups in total. The molecule has 3 rings (SSSR count). The lowest BCUT2D eigenvalue weighted by atomic mass is 9.90. The maximum absolute atomic E-state index is 12.9. The molecule has 2 atom stereocenters. The van der Waals surface area contributed by atoms with Gasteiger partial charge in [-0.1, -0.05) is 18.5 Å². The molecule has 0 bridgehead atoms. The number of rotatable bonds is 5. The Kier molecular flexibility index (Phi) is 7.59. The molecule has 0 aliphatic carbocycles. The number of carbonyl (C=O) groups excluding carboxylic acids is 1. The number of aromatic nitrogens is 4. The van der Waals surface area contributed by atoms with Gasteiger partial charge in [-0.2, -0.15) is 4.80 Å². The molecule has 27 heavy (non-hydrogen) atoms. The minimum atomic E-state index is -0.435. The van der Waals surface area contributed by atoms with Crippen LogP contribution in [0.1, 0.15) is 39.2 Å². The summed E-state index contributed by atoms with van der Waals surface area (Å²) in [6, 6.07) is 6.98. The molecule has 1 amide bonds. The van der Waals surface area contributed by atoms with Crippen molar-refractivity contribution in [3.05, 3.63) is 29.3 Å². The Morgan fingerprint density at radius 2 is 1.93 bits per heavy atom. The van der Waals surface area contributed by atoms with Crippen molar-refractivity contribution in [1.29, 1.82) is 0 Å². The molecule has 9 heteroatoms. The van der Waals surface area contributed by atoms with E-state index in [1.807, 2.05) is 30.9 Å². The van der Waals surface area contributed by atoms with Crippen LogP contribution in [0.5, 0.6) is 0 Å². The van der Waals surface area contributed by atoms with Gasteiger partial charge in [0.25, 0.3) is 0 Å². The molecular weight excluding hydrogens is 387 g/mol. The highest BCUT2D eigenvalue weighted by Gasteiger charge is 2.30. The Morgan fingerprint density at radius 3 is 2.48 bits per heavy atom. The van der Waals surface area contributed by atoms with Gasteiger partial charge in [0, 0.05) is 29.7 Å². The predicted octanol–water partition coefficient (Wildman–Crippen LogP) is 2.95. The minimum Gasteiger partial charge on any atom is -0.341 e. The van der Waals surface area contributed by atoms with Crippen molar-refractivity contribution in [3.8, 4) is 11.4 Å². The first-order valence-electron chi connectivity index (χ1n) is 9.09. The number of halogens is 2. The normalized spacial score (nSPS) is 17.3. The van der Waals surface area contributed by atoms with Gasteiger partial charge in [-0.15, -0.1) is 22.6 Å². The van der Waals surface area contributed by atoms with Crippen molar-refractivity contribution in [2.75, 3.05) is 13.1 Å². The molecule has 0 spiro atoms. The van der Waals surface area contributed by atoms with E-state index in [0.29, 0.717) is 23.2 Å². The number of tetrazole rings is 1. The van der Waals surface area contributed by atoms with E-state index in [1.54, 1.807) is 12.1 Å². The second-order valence-corrected chi connectivity index (χ2v) is 7.32. The lowest BCUT2D eigenvalue weighted by Crippen LogP contribution is -2.45. The summed E-state index contributed by atoms with van der Waals surface area (Å²) in [6.07, 6.45) is 2.50. The van der Waals surface area contributed by atoms with Gasteiger partial charge in [-0.3, -0.25) is 4.79 Å². The highest BCUT2D eigenvalue weighted by atomic mass is 35.5. The summed E-state index contributed by atoms with van der Waals surface area (Å²) in [5.74, 6) is 1.03. The highest BCUT2D eigenvalue weighted by molar-refractivity contribution is 6.30. The second kappa shape index (κ2) is 9.48. The van der Waals surface area contributed by atoms with Crippen molar-refractivity contribution in [2.45, 2.75) is 45.2 Å². The zero-order chi connectivity index (χ0) is 18.7. The van der Waals surface area contributed by atoms with Gasteiger partial charge in [0.05, 0.1) is 0 Å². The smallest absolute Gasteiger partial charge is 0.249 e. The Hall–Kier alpha value is -1.70. The van der Waals surface area contributed by atoms with E-state index in [9.17, 15) is 4.79 Å². The summed E-state index contributed by atoms with van der Waals surface area (Å²) in [6.45, 7) is 5.47. The first kappa shape index (κ1) is 21.6. The Bertz CT molecular complexity index is 741. The highest BCUT2D eigenvalue weighted by Crippen LogP contribution is 2.23. The van der Waals surface area contributed by atoms with Crippen LogP contribution in [-0.2, 0) is 4.79 Å². The second-order valence-electron chi connectivity index (χ2n) is 6.89. The molecule has 0 saturated carbocycles. The number of likely N-dealkylation sites (tertiary alicyclic amines) is 1. The third kappa shape index (κ3) is 4.97. The maximum Gasteiger partial charge on any atom is 0.249 e. The van der Waals surface area contributed by atoms with Crippen LogP contribution in [0.2, 0.25) is 5.02 Å². The summed E-state index contributed by atoms with van der Waals surface area (Å²) in [4.78, 5) is 16.3. The molecule has 1 aliphatic rings. The van der Waals surface area contributed by atoms with E-state index < -0.39 is 6.04 Å². The molecule has 2 unspecified atom stereocenters. The topological polar surface area (TPSA) is 89.9 Å². The van der Waals surface area contributed by atoms with E-state index in [2.05, 4.69) is 15.4 Å². The average Bonchev–Trinajstić information content (AvgIpc) is 3.12. The zero-order valence-corrected chi connectivity index (χ0v) is 17.2. The molecule has 7 nitrogen and oxygen atoms in total. The van der Waals surface area contributed by atoms with Gasteiger partial charge >= 0.3 is 0 Å². The molecule has 0 radical (unpaired) electrons. The Labute approximate surface area is 170 Å². The monoisotopic (exact) mass is 412 g/mol.